The van der Waals surface area contributed by atoms with Crippen LogP contribution in [0.4, 0.5) is 0 Å². The number of oxazole rings is 1. The van der Waals surface area contributed by atoms with E-state index in [-0.39, 0.29) is 35.7 Å². The van der Waals surface area contributed by atoms with E-state index in [1.807, 2.05) is 0 Å². The molecule has 1 amide bonds. The van der Waals surface area contributed by atoms with Gasteiger partial charge < -0.3 is 19.6 Å². The van der Waals surface area contributed by atoms with Gasteiger partial charge in [0.05, 0.1) is 12.7 Å². The number of ether oxygens (including phenoxy) is 1. The Hall–Kier alpha value is -4.47. The average Bonchev–Trinajstić information content (AvgIpc) is 3.25. The van der Waals surface area contributed by atoms with Gasteiger partial charge in [0, 0.05) is 37.8 Å². The Kier molecular flexibility index (Phi) is 5.90. The number of hydrogen-bond acceptors (Lipinski definition) is 7. The lowest BCUT2D eigenvalue weighted by Gasteiger charge is -2.05. The van der Waals surface area contributed by atoms with Crippen molar-refractivity contribution in [3.8, 4) is 5.88 Å². The van der Waals surface area contributed by atoms with E-state index in [9.17, 15) is 14.4 Å². The molecule has 0 radical (unpaired) electrons. The molecule has 0 fully saturated rings. The van der Waals surface area contributed by atoms with Crippen molar-refractivity contribution in [2.24, 2.45) is 7.05 Å². The summed E-state index contributed by atoms with van der Waals surface area (Å²) < 4.78 is 11.9. The number of hydrogen-bond donors (Lipinski definition) is 2. The lowest BCUT2D eigenvalue weighted by molar-refractivity contribution is 0.0696. The first-order valence-electron chi connectivity index (χ1n) is 9.94. The van der Waals surface area contributed by atoms with Gasteiger partial charge in [-0.25, -0.2) is 14.8 Å². The zero-order valence-corrected chi connectivity index (χ0v) is 17.9. The number of rotatable bonds is 7. The Morgan fingerprint density at radius 3 is 2.61 bits per heavy atom. The standard InChI is InChI=1S/C23H20N4O6/c1-27-21(29)16(9-13-3-5-15(6-4-13)23(30)31)11-17-22(27)33-20(26-17)19(28)25-12-14-7-8-24-18(10-14)32-2/h3-8,10-11H,9,12H2,1-2H3,(H,25,28)(H,30,31). The number of methoxy groups -OCH3 is 1. The van der Waals surface area contributed by atoms with Crippen molar-refractivity contribution >= 4 is 23.1 Å². The van der Waals surface area contributed by atoms with Crippen LogP contribution in [-0.2, 0) is 20.0 Å². The van der Waals surface area contributed by atoms with Gasteiger partial charge >= 0.3 is 11.9 Å². The molecule has 0 saturated carbocycles. The molecule has 0 aliphatic rings. The van der Waals surface area contributed by atoms with E-state index >= 15 is 0 Å². The van der Waals surface area contributed by atoms with Gasteiger partial charge in [0.1, 0.15) is 5.52 Å². The Bertz CT molecular complexity index is 1400. The van der Waals surface area contributed by atoms with Crippen LogP contribution >= 0.6 is 0 Å². The van der Waals surface area contributed by atoms with Crippen LogP contribution in [0.5, 0.6) is 5.88 Å². The van der Waals surface area contributed by atoms with Gasteiger partial charge in [0.15, 0.2) is 0 Å². The van der Waals surface area contributed by atoms with Crippen LogP contribution in [0, 0.1) is 0 Å². The summed E-state index contributed by atoms with van der Waals surface area (Å²) in [6, 6.07) is 11.3. The molecule has 10 heteroatoms. The molecule has 3 heterocycles. The summed E-state index contributed by atoms with van der Waals surface area (Å²) >= 11 is 0. The number of benzene rings is 1. The first-order valence-corrected chi connectivity index (χ1v) is 9.94. The molecule has 0 unspecified atom stereocenters. The second kappa shape index (κ2) is 8.95. The fourth-order valence-corrected chi connectivity index (χ4v) is 3.33. The highest BCUT2D eigenvalue weighted by Gasteiger charge is 2.18. The summed E-state index contributed by atoms with van der Waals surface area (Å²) in [5.74, 6) is -1.27. The minimum Gasteiger partial charge on any atom is -0.481 e. The summed E-state index contributed by atoms with van der Waals surface area (Å²) in [6.07, 6.45) is 1.85. The second-order valence-corrected chi connectivity index (χ2v) is 7.31. The molecule has 0 bridgehead atoms. The minimum atomic E-state index is -1.02. The normalized spacial score (nSPS) is 10.8. The number of nitrogens with one attached hydrogen (secondary N) is 1. The number of aryl methyl sites for hydroxylation is 1. The highest BCUT2D eigenvalue weighted by Crippen LogP contribution is 2.17. The van der Waals surface area contributed by atoms with E-state index in [4.69, 9.17) is 14.3 Å². The number of aromatic nitrogens is 3. The maximum atomic E-state index is 12.8. The molecular weight excluding hydrogens is 428 g/mol. The summed E-state index contributed by atoms with van der Waals surface area (Å²) in [5, 5.41) is 11.7. The zero-order valence-electron chi connectivity index (χ0n) is 17.9. The molecule has 4 aromatic rings. The first kappa shape index (κ1) is 21.8. The summed E-state index contributed by atoms with van der Waals surface area (Å²) in [7, 11) is 3.05. The maximum absolute atomic E-state index is 12.8. The predicted octanol–water partition coefficient (Wildman–Crippen LogP) is 2.15. The Labute approximate surface area is 187 Å². The smallest absolute Gasteiger partial charge is 0.335 e. The average molecular weight is 448 g/mol. The number of carboxylic acids is 1. The van der Waals surface area contributed by atoms with Crippen LogP contribution in [0.3, 0.4) is 0 Å². The van der Waals surface area contributed by atoms with Crippen molar-refractivity contribution in [3.05, 3.63) is 87.2 Å². The molecule has 0 aliphatic heterocycles. The van der Waals surface area contributed by atoms with E-state index in [0.29, 0.717) is 17.0 Å². The molecule has 10 nitrogen and oxygen atoms in total. The molecule has 33 heavy (non-hydrogen) atoms. The van der Waals surface area contributed by atoms with Crippen LogP contribution in [0.2, 0.25) is 0 Å². The predicted molar refractivity (Wildman–Crippen MR) is 117 cm³/mol. The number of fused-ring (bicyclic) bond motifs is 1. The highest BCUT2D eigenvalue weighted by atomic mass is 16.5. The van der Waals surface area contributed by atoms with E-state index < -0.39 is 11.9 Å². The van der Waals surface area contributed by atoms with Crippen molar-refractivity contribution in [1.29, 1.82) is 0 Å². The van der Waals surface area contributed by atoms with Crippen LogP contribution in [0.1, 0.15) is 37.7 Å². The fraction of sp³-hybridized carbons (Fsp3) is 0.174. The third-order valence-corrected chi connectivity index (χ3v) is 5.08. The molecular formula is C23H20N4O6. The number of carboxylic acid groups (broad SMARTS) is 1. The fourth-order valence-electron chi connectivity index (χ4n) is 3.33. The number of carbonyl (C=O) groups is 2. The van der Waals surface area contributed by atoms with Crippen LogP contribution in [0.15, 0.2) is 57.9 Å². The number of pyridine rings is 2. The Morgan fingerprint density at radius 2 is 1.91 bits per heavy atom. The molecule has 4 rings (SSSR count). The molecule has 0 spiro atoms. The third kappa shape index (κ3) is 4.59. The summed E-state index contributed by atoms with van der Waals surface area (Å²) in [6.45, 7) is 0.215. The molecule has 1 aromatic carbocycles. The molecule has 2 N–H and O–H groups in total. The van der Waals surface area contributed by atoms with Crippen LogP contribution in [-0.4, -0.2) is 38.6 Å². The topological polar surface area (TPSA) is 137 Å². The third-order valence-electron chi connectivity index (χ3n) is 5.08. The second-order valence-electron chi connectivity index (χ2n) is 7.31. The van der Waals surface area contributed by atoms with Gasteiger partial charge in [-0.2, -0.15) is 0 Å². The van der Waals surface area contributed by atoms with Crippen LogP contribution in [0.25, 0.3) is 11.2 Å². The number of amides is 1. The molecule has 0 atom stereocenters. The maximum Gasteiger partial charge on any atom is 0.335 e. The monoisotopic (exact) mass is 448 g/mol. The van der Waals surface area contributed by atoms with Gasteiger partial charge in [-0.15, -0.1) is 0 Å². The molecule has 168 valence electrons. The molecule has 0 aliphatic carbocycles. The SMILES string of the molecule is COc1cc(CNC(=O)c2nc3cc(Cc4ccc(C(=O)O)cc4)c(=O)n(C)c3o2)ccn1. The van der Waals surface area contributed by atoms with Gasteiger partial charge in [0.2, 0.25) is 11.6 Å². The largest absolute Gasteiger partial charge is 0.481 e. The summed E-state index contributed by atoms with van der Waals surface area (Å²) in [5.41, 5.74) is 2.42. The van der Waals surface area contributed by atoms with Gasteiger partial charge in [-0.1, -0.05) is 12.1 Å². The van der Waals surface area contributed by atoms with Gasteiger partial charge in [-0.3, -0.25) is 14.2 Å². The van der Waals surface area contributed by atoms with Crippen LogP contribution < -0.4 is 15.6 Å². The number of nitrogens with zero attached hydrogens (tertiary/aromatic N) is 3. The highest BCUT2D eigenvalue weighted by molar-refractivity contribution is 5.92. The Morgan fingerprint density at radius 1 is 1.15 bits per heavy atom. The van der Waals surface area contributed by atoms with Crippen molar-refractivity contribution in [2.75, 3.05) is 7.11 Å². The Balaban J connectivity index is 1.55. The van der Waals surface area contributed by atoms with Crippen molar-refractivity contribution in [1.82, 2.24) is 19.9 Å². The molecule has 0 saturated heterocycles. The minimum absolute atomic E-state index is 0.163. The van der Waals surface area contributed by atoms with Crippen molar-refractivity contribution in [2.45, 2.75) is 13.0 Å². The lowest BCUT2D eigenvalue weighted by Crippen LogP contribution is -2.23. The molecule has 3 aromatic heterocycles. The van der Waals surface area contributed by atoms with E-state index in [1.165, 1.54) is 30.9 Å². The first-order chi connectivity index (χ1) is 15.9. The quantitative estimate of drug-likeness (QED) is 0.439. The van der Waals surface area contributed by atoms with Gasteiger partial charge in [0.25, 0.3) is 11.4 Å². The van der Waals surface area contributed by atoms with E-state index in [2.05, 4.69) is 15.3 Å². The van der Waals surface area contributed by atoms with Crippen molar-refractivity contribution in [3.63, 3.8) is 0 Å². The van der Waals surface area contributed by atoms with E-state index in [1.54, 1.807) is 36.5 Å². The number of carbonyl (C=O) groups excluding carboxylic acids is 1. The zero-order chi connectivity index (χ0) is 23.5. The number of aromatic carboxylic acids is 1. The van der Waals surface area contributed by atoms with E-state index in [0.717, 1.165) is 11.1 Å². The van der Waals surface area contributed by atoms with Crippen molar-refractivity contribution < 1.29 is 23.8 Å². The lowest BCUT2D eigenvalue weighted by atomic mass is 10.0. The summed E-state index contributed by atoms with van der Waals surface area (Å²) in [4.78, 5) is 44.6. The van der Waals surface area contributed by atoms with Gasteiger partial charge in [-0.05, 0) is 35.4 Å².